The highest BCUT2D eigenvalue weighted by atomic mass is 32.2. The second-order valence-corrected chi connectivity index (χ2v) is 5.66. The van der Waals surface area contributed by atoms with Crippen LogP contribution in [0, 0.1) is 5.41 Å². The lowest BCUT2D eigenvalue weighted by Gasteiger charge is -2.10. The minimum absolute atomic E-state index is 0.0309. The molecule has 0 aromatic carbocycles. The van der Waals surface area contributed by atoms with Gasteiger partial charge in [-0.25, -0.2) is 4.21 Å². The molecule has 0 aliphatic rings. The van der Waals surface area contributed by atoms with E-state index < -0.39 is 11.0 Å². The first kappa shape index (κ1) is 11.8. The standard InChI is InChI=1S/C9H19NOS/c1-6-8(2)12(11)10-7-9(3,4)5/h7-8H,6H2,1-5H3. The van der Waals surface area contributed by atoms with Crippen LogP contribution in [-0.2, 0) is 11.0 Å². The highest BCUT2D eigenvalue weighted by Crippen LogP contribution is 2.10. The highest BCUT2D eigenvalue weighted by molar-refractivity contribution is 7.84. The van der Waals surface area contributed by atoms with Crippen LogP contribution < -0.4 is 0 Å². The first-order valence-corrected chi connectivity index (χ1v) is 5.49. The summed E-state index contributed by atoms with van der Waals surface area (Å²) in [5, 5.41) is 0.170. The van der Waals surface area contributed by atoms with Gasteiger partial charge in [-0.1, -0.05) is 27.7 Å². The Labute approximate surface area is 78.1 Å². The number of rotatable bonds is 3. The molecule has 2 nitrogen and oxygen atoms in total. The predicted octanol–water partition coefficient (Wildman–Crippen LogP) is 2.57. The normalized spacial score (nSPS) is 18.1. The van der Waals surface area contributed by atoms with Crippen LogP contribution >= 0.6 is 0 Å². The fourth-order valence-corrected chi connectivity index (χ4v) is 1.37. The average molecular weight is 189 g/mol. The van der Waals surface area contributed by atoms with E-state index in [4.69, 9.17) is 0 Å². The SMILES string of the molecule is CCC(C)S(=O)N=CC(C)(C)C. The van der Waals surface area contributed by atoms with E-state index >= 15 is 0 Å². The summed E-state index contributed by atoms with van der Waals surface area (Å²) in [6.45, 7) is 10.1. The van der Waals surface area contributed by atoms with Crippen molar-refractivity contribution in [1.82, 2.24) is 0 Å². The predicted molar refractivity (Wildman–Crippen MR) is 55.8 cm³/mol. The third-order valence-corrected chi connectivity index (χ3v) is 2.80. The van der Waals surface area contributed by atoms with Crippen molar-refractivity contribution in [3.05, 3.63) is 0 Å². The molecule has 0 fully saturated rings. The molecule has 12 heavy (non-hydrogen) atoms. The van der Waals surface area contributed by atoms with E-state index in [-0.39, 0.29) is 10.7 Å². The van der Waals surface area contributed by atoms with Crippen molar-refractivity contribution in [2.45, 2.75) is 46.3 Å². The lowest BCUT2D eigenvalue weighted by atomic mass is 10.00. The van der Waals surface area contributed by atoms with E-state index in [0.29, 0.717) is 0 Å². The third kappa shape index (κ3) is 5.47. The van der Waals surface area contributed by atoms with Crippen LogP contribution in [-0.4, -0.2) is 15.7 Å². The Morgan fingerprint density at radius 2 is 2.00 bits per heavy atom. The van der Waals surface area contributed by atoms with E-state index in [1.807, 2.05) is 34.6 Å². The van der Waals surface area contributed by atoms with Gasteiger partial charge in [0.15, 0.2) is 0 Å². The Morgan fingerprint density at radius 1 is 1.50 bits per heavy atom. The molecular weight excluding hydrogens is 170 g/mol. The van der Waals surface area contributed by atoms with Crippen LogP contribution in [0.4, 0.5) is 0 Å². The molecule has 0 amide bonds. The molecule has 2 atom stereocenters. The van der Waals surface area contributed by atoms with Gasteiger partial charge in [-0.3, -0.25) is 0 Å². The summed E-state index contributed by atoms with van der Waals surface area (Å²) in [4.78, 5) is 0. The minimum Gasteiger partial charge on any atom is -0.235 e. The monoisotopic (exact) mass is 189 g/mol. The Kier molecular flexibility index (Phi) is 4.68. The molecule has 0 bridgehead atoms. The maximum absolute atomic E-state index is 11.3. The van der Waals surface area contributed by atoms with Crippen LogP contribution in [0.25, 0.3) is 0 Å². The van der Waals surface area contributed by atoms with Crippen molar-refractivity contribution in [3.8, 4) is 0 Å². The fraction of sp³-hybridized carbons (Fsp3) is 0.889. The summed E-state index contributed by atoms with van der Waals surface area (Å²) in [7, 11) is -1.04. The molecule has 0 aliphatic carbocycles. The molecule has 72 valence electrons. The third-order valence-electron chi connectivity index (χ3n) is 1.46. The largest absolute Gasteiger partial charge is 0.235 e. The van der Waals surface area contributed by atoms with Gasteiger partial charge in [-0.05, 0) is 18.8 Å². The quantitative estimate of drug-likeness (QED) is 0.627. The van der Waals surface area contributed by atoms with Crippen LogP contribution in [0.1, 0.15) is 41.0 Å². The zero-order valence-corrected chi connectivity index (χ0v) is 9.44. The van der Waals surface area contributed by atoms with Crippen molar-refractivity contribution in [1.29, 1.82) is 0 Å². The molecule has 0 aromatic rings. The second kappa shape index (κ2) is 4.75. The van der Waals surface area contributed by atoms with Crippen LogP contribution in [0.15, 0.2) is 4.40 Å². The van der Waals surface area contributed by atoms with E-state index in [9.17, 15) is 4.21 Å². The number of hydrogen-bond donors (Lipinski definition) is 0. The Morgan fingerprint density at radius 3 is 2.33 bits per heavy atom. The van der Waals surface area contributed by atoms with Gasteiger partial charge < -0.3 is 0 Å². The number of nitrogens with zero attached hydrogens (tertiary/aromatic N) is 1. The van der Waals surface area contributed by atoms with Crippen molar-refractivity contribution in [3.63, 3.8) is 0 Å². The summed E-state index contributed by atoms with van der Waals surface area (Å²) in [5.41, 5.74) is 0.0309. The van der Waals surface area contributed by atoms with Crippen molar-refractivity contribution in [2.75, 3.05) is 0 Å². The first-order valence-electron chi connectivity index (χ1n) is 4.32. The maximum atomic E-state index is 11.3. The summed E-state index contributed by atoms with van der Waals surface area (Å²) in [5.74, 6) is 0. The van der Waals surface area contributed by atoms with E-state index in [1.165, 1.54) is 0 Å². The van der Waals surface area contributed by atoms with Gasteiger partial charge in [0.1, 0.15) is 11.0 Å². The zero-order valence-electron chi connectivity index (χ0n) is 8.63. The van der Waals surface area contributed by atoms with Gasteiger partial charge in [-0.2, -0.15) is 4.40 Å². The highest BCUT2D eigenvalue weighted by Gasteiger charge is 2.09. The molecular formula is C9H19NOS. The summed E-state index contributed by atoms with van der Waals surface area (Å²) >= 11 is 0. The summed E-state index contributed by atoms with van der Waals surface area (Å²) in [6, 6.07) is 0. The van der Waals surface area contributed by atoms with Crippen molar-refractivity contribution < 1.29 is 4.21 Å². The second-order valence-electron chi connectivity index (χ2n) is 4.10. The van der Waals surface area contributed by atoms with E-state index in [1.54, 1.807) is 6.21 Å². The van der Waals surface area contributed by atoms with Gasteiger partial charge in [0, 0.05) is 6.21 Å². The fourth-order valence-electron chi connectivity index (χ4n) is 0.457. The van der Waals surface area contributed by atoms with Gasteiger partial charge in [0.25, 0.3) is 0 Å². The molecule has 0 saturated carbocycles. The maximum Gasteiger partial charge on any atom is 0.141 e. The summed E-state index contributed by atoms with van der Waals surface area (Å²) < 4.78 is 15.3. The lowest BCUT2D eigenvalue weighted by molar-refractivity contribution is 0.607. The molecule has 0 aliphatic heterocycles. The van der Waals surface area contributed by atoms with E-state index in [2.05, 4.69) is 4.40 Å². The molecule has 0 spiro atoms. The van der Waals surface area contributed by atoms with Gasteiger partial charge >= 0.3 is 0 Å². The number of hydrogen-bond acceptors (Lipinski definition) is 1. The van der Waals surface area contributed by atoms with E-state index in [0.717, 1.165) is 6.42 Å². The van der Waals surface area contributed by atoms with Crippen molar-refractivity contribution in [2.24, 2.45) is 9.81 Å². The average Bonchev–Trinajstić information content (AvgIpc) is 1.97. The molecule has 0 aromatic heterocycles. The molecule has 0 radical (unpaired) electrons. The van der Waals surface area contributed by atoms with Gasteiger partial charge in [0.2, 0.25) is 0 Å². The van der Waals surface area contributed by atoms with Crippen molar-refractivity contribution >= 4 is 17.2 Å². The minimum atomic E-state index is -1.04. The summed E-state index contributed by atoms with van der Waals surface area (Å²) in [6.07, 6.45) is 2.68. The Balaban J connectivity index is 4.09. The molecule has 0 rings (SSSR count). The molecule has 0 heterocycles. The van der Waals surface area contributed by atoms with Crippen LogP contribution in [0.3, 0.4) is 0 Å². The zero-order chi connectivity index (χ0) is 9.78. The topological polar surface area (TPSA) is 29.4 Å². The first-order chi connectivity index (χ1) is 5.37. The molecule has 0 saturated heterocycles. The molecule has 2 unspecified atom stereocenters. The smallest absolute Gasteiger partial charge is 0.141 e. The lowest BCUT2D eigenvalue weighted by Crippen LogP contribution is -2.11. The Bertz CT molecular complexity index is 181. The van der Waals surface area contributed by atoms with Crippen LogP contribution in [0.5, 0.6) is 0 Å². The van der Waals surface area contributed by atoms with Crippen LogP contribution in [0.2, 0.25) is 0 Å². The Hall–Kier alpha value is -0.180. The molecule has 0 N–H and O–H groups in total. The molecule has 3 heteroatoms. The van der Waals surface area contributed by atoms with Gasteiger partial charge in [0.05, 0.1) is 5.25 Å². The van der Waals surface area contributed by atoms with Gasteiger partial charge in [-0.15, -0.1) is 0 Å².